The van der Waals surface area contributed by atoms with Crippen LogP contribution in [0.1, 0.15) is 31.0 Å². The van der Waals surface area contributed by atoms with Crippen LogP contribution in [-0.4, -0.2) is 17.6 Å². The minimum Gasteiger partial charge on any atom is -0.478 e. The zero-order valence-electron chi connectivity index (χ0n) is 10.5. The van der Waals surface area contributed by atoms with Crippen molar-refractivity contribution in [1.29, 1.82) is 0 Å². The van der Waals surface area contributed by atoms with Crippen LogP contribution in [0, 0.1) is 6.92 Å². The molecule has 3 heteroatoms. The Bertz CT molecular complexity index is 407. The lowest BCUT2D eigenvalue weighted by molar-refractivity contribution is -0.132. The summed E-state index contributed by atoms with van der Waals surface area (Å²) >= 11 is 0. The topological polar surface area (TPSA) is 49.3 Å². The maximum Gasteiger partial charge on any atom is 0.330 e. The van der Waals surface area contributed by atoms with Crippen LogP contribution >= 0.6 is 0 Å². The molecule has 1 atom stereocenters. The fourth-order valence-electron chi connectivity index (χ4n) is 1.45. The highest BCUT2D eigenvalue weighted by molar-refractivity contribution is 5.85. The number of benzene rings is 1. The Hall–Kier alpha value is -1.61. The van der Waals surface area contributed by atoms with Gasteiger partial charge in [-0.05, 0) is 26.3 Å². The van der Waals surface area contributed by atoms with Gasteiger partial charge >= 0.3 is 5.97 Å². The molecule has 0 amide bonds. The van der Waals surface area contributed by atoms with Crippen LogP contribution in [0.25, 0.3) is 0 Å². The Morgan fingerprint density at radius 2 is 2.00 bits per heavy atom. The van der Waals surface area contributed by atoms with E-state index in [9.17, 15) is 4.79 Å². The fraction of sp³-hybridized carbons (Fsp3) is 0.357. The van der Waals surface area contributed by atoms with E-state index in [2.05, 4.69) is 43.4 Å². The highest BCUT2D eigenvalue weighted by Gasteiger charge is 2.03. The van der Waals surface area contributed by atoms with Crippen molar-refractivity contribution in [3.8, 4) is 0 Å². The number of rotatable bonds is 5. The summed E-state index contributed by atoms with van der Waals surface area (Å²) in [6.07, 6.45) is 1.69. The molecule has 17 heavy (non-hydrogen) atoms. The summed E-state index contributed by atoms with van der Waals surface area (Å²) in [6.45, 7) is 6.28. The summed E-state index contributed by atoms with van der Waals surface area (Å²) in [7, 11) is 0. The Morgan fingerprint density at radius 1 is 1.41 bits per heavy atom. The van der Waals surface area contributed by atoms with Crippen molar-refractivity contribution in [2.45, 2.75) is 26.8 Å². The van der Waals surface area contributed by atoms with Gasteiger partial charge in [-0.3, -0.25) is 0 Å². The molecule has 1 aromatic carbocycles. The highest BCUT2D eigenvalue weighted by atomic mass is 16.4. The third-order valence-electron chi connectivity index (χ3n) is 2.75. The summed E-state index contributed by atoms with van der Waals surface area (Å²) in [5.41, 5.74) is 2.81. The maximum absolute atomic E-state index is 10.6. The van der Waals surface area contributed by atoms with Crippen molar-refractivity contribution >= 4 is 5.97 Å². The van der Waals surface area contributed by atoms with Gasteiger partial charge in [0.2, 0.25) is 0 Å². The van der Waals surface area contributed by atoms with E-state index >= 15 is 0 Å². The van der Waals surface area contributed by atoms with Crippen LogP contribution in [0.15, 0.2) is 35.9 Å². The first-order valence-electron chi connectivity index (χ1n) is 5.70. The van der Waals surface area contributed by atoms with Gasteiger partial charge in [0.15, 0.2) is 0 Å². The predicted octanol–water partition coefficient (Wildman–Crippen LogP) is 2.68. The van der Waals surface area contributed by atoms with Gasteiger partial charge in [-0.25, -0.2) is 4.79 Å². The van der Waals surface area contributed by atoms with Gasteiger partial charge in [0, 0.05) is 18.2 Å². The molecule has 0 saturated heterocycles. The smallest absolute Gasteiger partial charge is 0.330 e. The largest absolute Gasteiger partial charge is 0.478 e. The highest BCUT2D eigenvalue weighted by Crippen LogP contribution is 2.12. The van der Waals surface area contributed by atoms with Gasteiger partial charge in [0.25, 0.3) is 0 Å². The number of carboxylic acid groups (broad SMARTS) is 1. The average Bonchev–Trinajstić information content (AvgIpc) is 2.29. The molecule has 0 saturated carbocycles. The van der Waals surface area contributed by atoms with Gasteiger partial charge in [-0.15, -0.1) is 0 Å². The van der Waals surface area contributed by atoms with Gasteiger partial charge in [0.1, 0.15) is 0 Å². The monoisotopic (exact) mass is 233 g/mol. The second kappa shape index (κ2) is 6.21. The van der Waals surface area contributed by atoms with E-state index in [1.807, 2.05) is 0 Å². The van der Waals surface area contributed by atoms with Crippen LogP contribution < -0.4 is 5.32 Å². The summed E-state index contributed by atoms with van der Waals surface area (Å²) in [5.74, 6) is -0.866. The predicted molar refractivity (Wildman–Crippen MR) is 69.0 cm³/mol. The first-order valence-corrected chi connectivity index (χ1v) is 5.70. The van der Waals surface area contributed by atoms with Crippen LogP contribution in [0.2, 0.25) is 0 Å². The number of nitrogens with one attached hydrogen (secondary N) is 1. The molecule has 0 aliphatic rings. The molecule has 2 N–H and O–H groups in total. The summed E-state index contributed by atoms with van der Waals surface area (Å²) < 4.78 is 0. The van der Waals surface area contributed by atoms with Crippen LogP contribution in [0.4, 0.5) is 0 Å². The number of aliphatic carboxylic acids is 1. The number of carboxylic acids is 1. The quantitative estimate of drug-likeness (QED) is 0.769. The van der Waals surface area contributed by atoms with Crippen molar-refractivity contribution in [2.24, 2.45) is 0 Å². The lowest BCUT2D eigenvalue weighted by Gasteiger charge is -2.13. The Labute approximate surface area is 102 Å². The molecule has 0 radical (unpaired) electrons. The molecule has 0 fully saturated rings. The SMILES string of the molecule is C/C(=C/CN[C@@H](C)c1ccc(C)cc1)C(=O)O. The molecule has 0 aliphatic carbocycles. The van der Waals surface area contributed by atoms with Crippen molar-refractivity contribution in [1.82, 2.24) is 5.32 Å². The molecule has 0 aliphatic heterocycles. The van der Waals surface area contributed by atoms with Crippen molar-refractivity contribution < 1.29 is 9.90 Å². The van der Waals surface area contributed by atoms with Crippen molar-refractivity contribution in [2.75, 3.05) is 6.54 Å². The molecule has 0 heterocycles. The van der Waals surface area contributed by atoms with E-state index in [0.29, 0.717) is 12.1 Å². The van der Waals surface area contributed by atoms with E-state index in [4.69, 9.17) is 5.11 Å². The van der Waals surface area contributed by atoms with Crippen LogP contribution in [0.5, 0.6) is 0 Å². The lowest BCUT2D eigenvalue weighted by atomic mass is 10.1. The standard InChI is InChI=1S/C14H19NO2/c1-10-4-6-13(7-5-10)12(3)15-9-8-11(2)14(16)17/h4-8,12,15H,9H2,1-3H3,(H,16,17)/b11-8-/t12-/m0/s1. The summed E-state index contributed by atoms with van der Waals surface area (Å²) in [4.78, 5) is 10.6. The Kier molecular flexibility index (Phi) is 4.91. The van der Waals surface area contributed by atoms with Crippen LogP contribution in [-0.2, 0) is 4.79 Å². The van der Waals surface area contributed by atoms with Gasteiger partial charge < -0.3 is 10.4 Å². The van der Waals surface area contributed by atoms with Gasteiger partial charge in [-0.2, -0.15) is 0 Å². The third kappa shape index (κ3) is 4.41. The molecule has 1 aromatic rings. The van der Waals surface area contributed by atoms with E-state index in [1.54, 1.807) is 13.0 Å². The molecule has 0 spiro atoms. The fourth-order valence-corrected chi connectivity index (χ4v) is 1.45. The molecule has 92 valence electrons. The minimum absolute atomic E-state index is 0.216. The first-order chi connectivity index (χ1) is 8.00. The molecule has 0 aromatic heterocycles. The molecular weight excluding hydrogens is 214 g/mol. The number of hydrogen-bond donors (Lipinski definition) is 2. The average molecular weight is 233 g/mol. The second-order valence-electron chi connectivity index (χ2n) is 4.23. The Morgan fingerprint density at radius 3 is 2.53 bits per heavy atom. The Balaban J connectivity index is 2.50. The zero-order valence-corrected chi connectivity index (χ0v) is 10.5. The van der Waals surface area contributed by atoms with Crippen LogP contribution in [0.3, 0.4) is 0 Å². The third-order valence-corrected chi connectivity index (χ3v) is 2.75. The second-order valence-corrected chi connectivity index (χ2v) is 4.23. The van der Waals surface area contributed by atoms with E-state index in [-0.39, 0.29) is 6.04 Å². The first kappa shape index (κ1) is 13.5. The van der Waals surface area contributed by atoms with E-state index in [0.717, 1.165) is 0 Å². The number of carbonyl (C=O) groups is 1. The van der Waals surface area contributed by atoms with E-state index in [1.165, 1.54) is 11.1 Å². The normalized spacial score (nSPS) is 13.5. The minimum atomic E-state index is -0.866. The maximum atomic E-state index is 10.6. The number of hydrogen-bond acceptors (Lipinski definition) is 2. The summed E-state index contributed by atoms with van der Waals surface area (Å²) in [5, 5.41) is 12.0. The van der Waals surface area contributed by atoms with Crippen molar-refractivity contribution in [3.05, 3.63) is 47.0 Å². The van der Waals surface area contributed by atoms with Gasteiger partial charge in [-0.1, -0.05) is 35.9 Å². The molecule has 1 rings (SSSR count). The van der Waals surface area contributed by atoms with Crippen molar-refractivity contribution in [3.63, 3.8) is 0 Å². The van der Waals surface area contributed by atoms with E-state index < -0.39 is 5.97 Å². The van der Waals surface area contributed by atoms with Gasteiger partial charge in [0.05, 0.1) is 0 Å². The molecule has 3 nitrogen and oxygen atoms in total. The molecule has 0 unspecified atom stereocenters. The molecular formula is C14H19NO2. The number of aryl methyl sites for hydroxylation is 1. The zero-order chi connectivity index (χ0) is 12.8. The summed E-state index contributed by atoms with van der Waals surface area (Å²) in [6, 6.07) is 8.53. The lowest BCUT2D eigenvalue weighted by Crippen LogP contribution is -2.19. The molecule has 0 bridgehead atoms.